The molecule has 1 aromatic rings. The molecule has 1 N–H and O–H groups in total. The van der Waals surface area contributed by atoms with E-state index >= 15 is 0 Å². The molecule has 0 saturated carbocycles. The molecular weight excluding hydrogens is 206 g/mol. The molecule has 1 aromatic heterocycles. The summed E-state index contributed by atoms with van der Waals surface area (Å²) in [6, 6.07) is 2.73. The second-order valence-electron chi connectivity index (χ2n) is 4.53. The molecule has 2 rings (SSSR count). The van der Waals surface area contributed by atoms with Gasteiger partial charge < -0.3 is 10.1 Å². The van der Waals surface area contributed by atoms with Gasteiger partial charge in [0.2, 0.25) is 0 Å². The average Bonchev–Trinajstić information content (AvgIpc) is 2.71. The van der Waals surface area contributed by atoms with E-state index in [1.54, 1.807) is 11.3 Å². The molecule has 0 aromatic carbocycles. The van der Waals surface area contributed by atoms with Crippen LogP contribution < -0.4 is 5.32 Å². The molecule has 1 aliphatic rings. The zero-order valence-electron chi connectivity index (χ0n) is 9.40. The first-order chi connectivity index (χ1) is 7.25. The Morgan fingerprint density at radius 1 is 1.53 bits per heavy atom. The van der Waals surface area contributed by atoms with Crippen molar-refractivity contribution < 1.29 is 4.74 Å². The lowest BCUT2D eigenvalue weighted by molar-refractivity contribution is -0.0160. The topological polar surface area (TPSA) is 21.3 Å². The van der Waals surface area contributed by atoms with Gasteiger partial charge in [-0.3, -0.25) is 0 Å². The quantitative estimate of drug-likeness (QED) is 0.851. The van der Waals surface area contributed by atoms with Crippen LogP contribution in [0.5, 0.6) is 0 Å². The fourth-order valence-electron chi connectivity index (χ4n) is 2.01. The molecular formula is C12H19NOS. The molecule has 1 saturated heterocycles. The van der Waals surface area contributed by atoms with E-state index in [1.165, 1.54) is 5.69 Å². The molecule has 0 aliphatic carbocycles. The maximum absolute atomic E-state index is 5.75. The van der Waals surface area contributed by atoms with Gasteiger partial charge >= 0.3 is 0 Å². The average molecular weight is 225 g/mol. The maximum atomic E-state index is 5.75. The minimum atomic E-state index is 0.426. The van der Waals surface area contributed by atoms with Gasteiger partial charge in [-0.15, -0.1) is 0 Å². The molecule has 2 heterocycles. The van der Waals surface area contributed by atoms with E-state index in [9.17, 15) is 0 Å². The maximum Gasteiger partial charge on any atom is 0.0617 e. The molecule has 0 amide bonds. The summed E-state index contributed by atoms with van der Waals surface area (Å²) in [4.78, 5) is 0. The summed E-state index contributed by atoms with van der Waals surface area (Å²) in [6.07, 6.45) is 2.68. The number of anilines is 1. The predicted molar refractivity (Wildman–Crippen MR) is 65.5 cm³/mol. The SMILES string of the molecule is CC(C)C1CC(Nc2ccsc2)CCO1. The van der Waals surface area contributed by atoms with Crippen LogP contribution in [0.3, 0.4) is 0 Å². The Hall–Kier alpha value is -0.540. The van der Waals surface area contributed by atoms with Crippen molar-refractivity contribution in [1.82, 2.24) is 0 Å². The van der Waals surface area contributed by atoms with E-state index in [-0.39, 0.29) is 0 Å². The summed E-state index contributed by atoms with van der Waals surface area (Å²) in [5.74, 6) is 0.622. The molecule has 3 heteroatoms. The van der Waals surface area contributed by atoms with Crippen LogP contribution in [-0.2, 0) is 4.74 Å². The summed E-state index contributed by atoms with van der Waals surface area (Å²) >= 11 is 1.74. The van der Waals surface area contributed by atoms with Crippen LogP contribution in [0, 0.1) is 5.92 Å². The third-order valence-electron chi connectivity index (χ3n) is 2.95. The molecule has 1 fully saturated rings. The zero-order chi connectivity index (χ0) is 10.7. The van der Waals surface area contributed by atoms with Gasteiger partial charge in [0, 0.05) is 23.7 Å². The highest BCUT2D eigenvalue weighted by molar-refractivity contribution is 7.08. The van der Waals surface area contributed by atoms with Crippen molar-refractivity contribution in [3.8, 4) is 0 Å². The Morgan fingerprint density at radius 2 is 2.40 bits per heavy atom. The van der Waals surface area contributed by atoms with E-state index in [2.05, 4.69) is 36.0 Å². The smallest absolute Gasteiger partial charge is 0.0617 e. The minimum Gasteiger partial charge on any atom is -0.381 e. The van der Waals surface area contributed by atoms with Crippen LogP contribution in [0.4, 0.5) is 5.69 Å². The van der Waals surface area contributed by atoms with E-state index in [4.69, 9.17) is 4.74 Å². The summed E-state index contributed by atoms with van der Waals surface area (Å²) in [5, 5.41) is 7.86. The minimum absolute atomic E-state index is 0.426. The van der Waals surface area contributed by atoms with Crippen molar-refractivity contribution >= 4 is 17.0 Å². The summed E-state index contributed by atoms with van der Waals surface area (Å²) in [5.41, 5.74) is 1.26. The molecule has 0 radical (unpaired) electrons. The normalized spacial score (nSPS) is 26.9. The molecule has 84 valence electrons. The van der Waals surface area contributed by atoms with Gasteiger partial charge in [0.15, 0.2) is 0 Å². The van der Waals surface area contributed by atoms with Crippen molar-refractivity contribution in [1.29, 1.82) is 0 Å². The molecule has 0 bridgehead atoms. The number of hydrogen-bond donors (Lipinski definition) is 1. The van der Waals surface area contributed by atoms with E-state index in [0.717, 1.165) is 19.4 Å². The molecule has 15 heavy (non-hydrogen) atoms. The Kier molecular flexibility index (Phi) is 3.65. The van der Waals surface area contributed by atoms with E-state index in [0.29, 0.717) is 18.1 Å². The standard InChI is InChI=1S/C12H19NOS/c1-9(2)12-7-10(3-5-14-12)13-11-4-6-15-8-11/h4,6,8-10,12-13H,3,5,7H2,1-2H3. The first kappa shape index (κ1) is 11.0. The molecule has 2 nitrogen and oxygen atoms in total. The second kappa shape index (κ2) is 4.99. The highest BCUT2D eigenvalue weighted by Gasteiger charge is 2.24. The third-order valence-corrected chi connectivity index (χ3v) is 3.63. The van der Waals surface area contributed by atoms with Crippen molar-refractivity contribution in [3.05, 3.63) is 16.8 Å². The summed E-state index contributed by atoms with van der Waals surface area (Å²) in [7, 11) is 0. The first-order valence-corrected chi connectivity index (χ1v) is 6.60. The fraction of sp³-hybridized carbons (Fsp3) is 0.667. The van der Waals surface area contributed by atoms with Gasteiger partial charge in [-0.25, -0.2) is 0 Å². The Bertz CT molecular complexity index is 284. The molecule has 0 spiro atoms. The number of thiophene rings is 1. The van der Waals surface area contributed by atoms with Crippen LogP contribution in [0.2, 0.25) is 0 Å². The Balaban J connectivity index is 1.88. The monoisotopic (exact) mass is 225 g/mol. The van der Waals surface area contributed by atoms with Crippen LogP contribution in [0.1, 0.15) is 26.7 Å². The van der Waals surface area contributed by atoms with Crippen LogP contribution in [0.15, 0.2) is 16.8 Å². The largest absolute Gasteiger partial charge is 0.381 e. The van der Waals surface area contributed by atoms with Gasteiger partial charge in [0.25, 0.3) is 0 Å². The van der Waals surface area contributed by atoms with Crippen LogP contribution >= 0.6 is 11.3 Å². The first-order valence-electron chi connectivity index (χ1n) is 5.66. The molecule has 1 aliphatic heterocycles. The fourth-order valence-corrected chi connectivity index (χ4v) is 2.60. The van der Waals surface area contributed by atoms with Crippen LogP contribution in [0.25, 0.3) is 0 Å². The van der Waals surface area contributed by atoms with Crippen LogP contribution in [-0.4, -0.2) is 18.8 Å². The molecule has 2 atom stereocenters. The van der Waals surface area contributed by atoms with E-state index in [1.807, 2.05) is 0 Å². The third kappa shape index (κ3) is 2.95. The lowest BCUT2D eigenvalue weighted by Gasteiger charge is -2.32. The van der Waals surface area contributed by atoms with Crippen molar-refractivity contribution in [2.45, 2.75) is 38.8 Å². The number of rotatable bonds is 3. The van der Waals surface area contributed by atoms with Gasteiger partial charge in [-0.2, -0.15) is 11.3 Å². The van der Waals surface area contributed by atoms with Gasteiger partial charge in [-0.05, 0) is 30.2 Å². The molecule has 2 unspecified atom stereocenters. The number of ether oxygens (including phenoxy) is 1. The van der Waals surface area contributed by atoms with Crippen molar-refractivity contribution in [2.24, 2.45) is 5.92 Å². The number of hydrogen-bond acceptors (Lipinski definition) is 3. The van der Waals surface area contributed by atoms with Gasteiger partial charge in [0.1, 0.15) is 0 Å². The van der Waals surface area contributed by atoms with Crippen molar-refractivity contribution in [2.75, 3.05) is 11.9 Å². The highest BCUT2D eigenvalue weighted by Crippen LogP contribution is 2.23. The van der Waals surface area contributed by atoms with Gasteiger partial charge in [-0.1, -0.05) is 13.8 Å². The van der Waals surface area contributed by atoms with E-state index < -0.39 is 0 Å². The zero-order valence-corrected chi connectivity index (χ0v) is 10.2. The lowest BCUT2D eigenvalue weighted by Crippen LogP contribution is -2.36. The highest BCUT2D eigenvalue weighted by atomic mass is 32.1. The van der Waals surface area contributed by atoms with Gasteiger partial charge in [0.05, 0.1) is 6.10 Å². The Morgan fingerprint density at radius 3 is 3.07 bits per heavy atom. The predicted octanol–water partition coefficient (Wildman–Crippen LogP) is 3.36. The lowest BCUT2D eigenvalue weighted by atomic mass is 9.95. The second-order valence-corrected chi connectivity index (χ2v) is 5.31. The summed E-state index contributed by atoms with van der Waals surface area (Å²) in [6.45, 7) is 5.36. The Labute approximate surface area is 95.6 Å². The summed E-state index contributed by atoms with van der Waals surface area (Å²) < 4.78 is 5.75. The van der Waals surface area contributed by atoms with Crippen molar-refractivity contribution in [3.63, 3.8) is 0 Å². The number of nitrogens with one attached hydrogen (secondary N) is 1.